The zero-order chi connectivity index (χ0) is 28.8. The van der Waals surface area contributed by atoms with Crippen molar-refractivity contribution in [2.45, 2.75) is 95.0 Å². The third-order valence-corrected chi connectivity index (χ3v) is 9.09. The number of para-hydroxylation sites is 1. The van der Waals surface area contributed by atoms with Gasteiger partial charge in [-0.05, 0) is 75.3 Å². The maximum Gasteiger partial charge on any atom is 0.246 e. The Morgan fingerprint density at radius 3 is 2.41 bits per heavy atom. The molecule has 1 saturated heterocycles. The van der Waals surface area contributed by atoms with Crippen molar-refractivity contribution in [3.8, 4) is 5.75 Å². The second-order valence-electron chi connectivity index (χ2n) is 11.8. The maximum absolute atomic E-state index is 14.3. The quantitative estimate of drug-likeness (QED) is 0.432. The van der Waals surface area contributed by atoms with E-state index in [1.807, 2.05) is 42.5 Å². The van der Waals surface area contributed by atoms with Gasteiger partial charge in [-0.25, -0.2) is 0 Å². The van der Waals surface area contributed by atoms with Gasteiger partial charge < -0.3 is 25.6 Å². The number of carbonyl (C=O) groups excluding carboxylic acids is 3. The Hall–Kier alpha value is -3.39. The summed E-state index contributed by atoms with van der Waals surface area (Å²) < 4.78 is 6.27. The normalized spacial score (nSPS) is 24.1. The molecule has 2 fully saturated rings. The van der Waals surface area contributed by atoms with Crippen molar-refractivity contribution in [3.63, 3.8) is 0 Å². The minimum Gasteiger partial charge on any atom is -0.488 e. The van der Waals surface area contributed by atoms with Gasteiger partial charge in [-0.3, -0.25) is 14.4 Å². The molecule has 2 aliphatic carbocycles. The Morgan fingerprint density at radius 1 is 0.927 bits per heavy atom. The minimum atomic E-state index is -0.671. The average Bonchev–Trinajstić information content (AvgIpc) is 3.44. The molecule has 0 bridgehead atoms. The van der Waals surface area contributed by atoms with E-state index >= 15 is 0 Å². The predicted octanol–water partition coefficient (Wildman–Crippen LogP) is 3.90. The van der Waals surface area contributed by atoms with Crippen molar-refractivity contribution in [1.29, 1.82) is 0 Å². The van der Waals surface area contributed by atoms with Crippen molar-refractivity contribution in [3.05, 3.63) is 65.7 Å². The van der Waals surface area contributed by atoms with E-state index in [1.165, 1.54) is 5.56 Å². The Morgan fingerprint density at radius 2 is 1.66 bits per heavy atom. The van der Waals surface area contributed by atoms with Crippen LogP contribution < -0.4 is 20.7 Å². The molecule has 3 amide bonds. The number of likely N-dealkylation sites (N-methyl/N-ethyl adjacent to an activating group) is 1. The third kappa shape index (κ3) is 6.92. The standard InChI is InChI=1S/C33H44N4O4/c1-22(34-2)31(38)36-30(24-13-5-3-6-14-24)33(40)37-21-26(41-25-16-7-4-8-17-25)20-29(37)32(39)35-28-19-11-15-23-12-9-10-18-27(23)28/h4,7-10,12,16-18,22,24,26,28-30,34H,3,5-6,11,13-15,19-21H2,1-2H3,(H,35,39)(H,36,38)/t22-,26+,28+,29-,30-/m0/s1. The highest BCUT2D eigenvalue weighted by Crippen LogP contribution is 2.33. The molecule has 1 saturated carbocycles. The smallest absolute Gasteiger partial charge is 0.246 e. The number of amides is 3. The zero-order valence-corrected chi connectivity index (χ0v) is 24.3. The van der Waals surface area contributed by atoms with E-state index in [4.69, 9.17) is 4.74 Å². The molecular weight excluding hydrogens is 516 g/mol. The first-order valence-corrected chi connectivity index (χ1v) is 15.3. The van der Waals surface area contributed by atoms with Crippen LogP contribution in [0.3, 0.4) is 0 Å². The van der Waals surface area contributed by atoms with Crippen molar-refractivity contribution >= 4 is 17.7 Å². The summed E-state index contributed by atoms with van der Waals surface area (Å²) in [6, 6.07) is 16.0. The number of aryl methyl sites for hydroxylation is 1. The van der Waals surface area contributed by atoms with Crippen LogP contribution in [0.1, 0.15) is 75.5 Å². The lowest BCUT2D eigenvalue weighted by molar-refractivity contribution is -0.143. The number of carbonyl (C=O) groups is 3. The van der Waals surface area contributed by atoms with Crippen LogP contribution in [0.4, 0.5) is 0 Å². The molecule has 0 unspecified atom stereocenters. The van der Waals surface area contributed by atoms with Crippen LogP contribution in [-0.4, -0.2) is 60.4 Å². The van der Waals surface area contributed by atoms with Gasteiger partial charge in [0.25, 0.3) is 0 Å². The van der Waals surface area contributed by atoms with Crippen LogP contribution >= 0.6 is 0 Å². The number of ether oxygens (including phenoxy) is 1. The van der Waals surface area contributed by atoms with Crippen LogP contribution in [0.25, 0.3) is 0 Å². The van der Waals surface area contributed by atoms with E-state index in [2.05, 4.69) is 28.1 Å². The summed E-state index contributed by atoms with van der Waals surface area (Å²) >= 11 is 0. The molecule has 3 aliphatic rings. The number of likely N-dealkylation sites (tertiary alicyclic amines) is 1. The van der Waals surface area contributed by atoms with Gasteiger partial charge >= 0.3 is 0 Å². The fourth-order valence-corrected chi connectivity index (χ4v) is 6.67. The Balaban J connectivity index is 1.39. The van der Waals surface area contributed by atoms with Crippen LogP contribution in [0, 0.1) is 5.92 Å². The molecule has 8 heteroatoms. The van der Waals surface area contributed by atoms with Crippen molar-refractivity contribution in [2.75, 3.05) is 13.6 Å². The molecule has 5 atom stereocenters. The summed E-state index contributed by atoms with van der Waals surface area (Å²) in [6.45, 7) is 2.09. The minimum absolute atomic E-state index is 0.0484. The van der Waals surface area contributed by atoms with Gasteiger partial charge in [-0.1, -0.05) is 61.7 Å². The number of nitrogens with one attached hydrogen (secondary N) is 3. The van der Waals surface area contributed by atoms with E-state index in [0.717, 1.165) is 56.9 Å². The van der Waals surface area contributed by atoms with Crippen molar-refractivity contribution in [2.24, 2.45) is 5.92 Å². The van der Waals surface area contributed by atoms with Crippen LogP contribution in [0.15, 0.2) is 54.6 Å². The number of benzene rings is 2. The number of hydrogen-bond donors (Lipinski definition) is 3. The van der Waals surface area contributed by atoms with Gasteiger partial charge in [0.2, 0.25) is 17.7 Å². The first-order chi connectivity index (χ1) is 19.9. The molecule has 0 radical (unpaired) electrons. The average molecular weight is 561 g/mol. The topological polar surface area (TPSA) is 99.8 Å². The Kier molecular flexibility index (Phi) is 9.60. The predicted molar refractivity (Wildman–Crippen MR) is 158 cm³/mol. The molecule has 220 valence electrons. The maximum atomic E-state index is 14.3. The lowest BCUT2D eigenvalue weighted by atomic mass is 9.83. The summed E-state index contributed by atoms with van der Waals surface area (Å²) in [5.41, 5.74) is 2.43. The van der Waals surface area contributed by atoms with Gasteiger partial charge in [0.15, 0.2) is 0 Å². The first-order valence-electron chi connectivity index (χ1n) is 15.3. The van der Waals surface area contributed by atoms with Gasteiger partial charge in [0, 0.05) is 6.42 Å². The van der Waals surface area contributed by atoms with Gasteiger partial charge in [-0.15, -0.1) is 0 Å². The molecule has 2 aromatic rings. The SMILES string of the molecule is CN[C@@H](C)C(=O)N[C@H](C(=O)N1C[C@H](Oc2ccccc2)C[C@H]1C(=O)N[C@@H]1CCCc2ccccc21)C1CCCCC1. The van der Waals surface area contributed by atoms with Crippen LogP contribution in [-0.2, 0) is 20.8 Å². The van der Waals surface area contributed by atoms with E-state index in [-0.39, 0.29) is 35.8 Å². The third-order valence-electron chi connectivity index (χ3n) is 9.09. The Labute approximate surface area is 243 Å². The summed E-state index contributed by atoms with van der Waals surface area (Å²) in [6.07, 6.45) is 7.96. The Bertz CT molecular complexity index is 1200. The van der Waals surface area contributed by atoms with E-state index in [1.54, 1.807) is 18.9 Å². The highest BCUT2D eigenvalue weighted by Gasteiger charge is 2.45. The van der Waals surface area contributed by atoms with E-state index in [9.17, 15) is 14.4 Å². The number of rotatable bonds is 9. The molecule has 5 rings (SSSR count). The number of fused-ring (bicyclic) bond motifs is 1. The lowest BCUT2D eigenvalue weighted by Crippen LogP contribution is -2.58. The van der Waals surface area contributed by atoms with Gasteiger partial charge in [0.1, 0.15) is 23.9 Å². The van der Waals surface area contributed by atoms with Crippen molar-refractivity contribution in [1.82, 2.24) is 20.9 Å². The molecule has 41 heavy (non-hydrogen) atoms. The monoisotopic (exact) mass is 560 g/mol. The van der Waals surface area contributed by atoms with E-state index in [0.29, 0.717) is 18.7 Å². The molecule has 3 N–H and O–H groups in total. The lowest BCUT2D eigenvalue weighted by Gasteiger charge is -2.35. The zero-order valence-electron chi connectivity index (χ0n) is 24.3. The molecule has 0 spiro atoms. The summed E-state index contributed by atoms with van der Waals surface area (Å²) in [5, 5.41) is 9.33. The molecule has 1 heterocycles. The molecule has 0 aromatic heterocycles. The molecule has 1 aliphatic heterocycles. The first kappa shape index (κ1) is 29.1. The summed E-state index contributed by atoms with van der Waals surface area (Å²) in [4.78, 5) is 43.0. The van der Waals surface area contributed by atoms with Gasteiger partial charge in [-0.2, -0.15) is 0 Å². The number of hydrogen-bond acceptors (Lipinski definition) is 5. The van der Waals surface area contributed by atoms with Crippen LogP contribution in [0.2, 0.25) is 0 Å². The van der Waals surface area contributed by atoms with Gasteiger partial charge in [0.05, 0.1) is 18.6 Å². The highest BCUT2D eigenvalue weighted by atomic mass is 16.5. The second kappa shape index (κ2) is 13.5. The highest BCUT2D eigenvalue weighted by molar-refractivity contribution is 5.94. The molecule has 8 nitrogen and oxygen atoms in total. The second-order valence-corrected chi connectivity index (χ2v) is 11.8. The van der Waals surface area contributed by atoms with E-state index < -0.39 is 18.1 Å². The summed E-state index contributed by atoms with van der Waals surface area (Å²) in [7, 11) is 1.73. The number of nitrogens with zero attached hydrogens (tertiary/aromatic N) is 1. The fraction of sp³-hybridized carbons (Fsp3) is 0.545. The van der Waals surface area contributed by atoms with Crippen LogP contribution in [0.5, 0.6) is 5.75 Å². The summed E-state index contributed by atoms with van der Waals surface area (Å²) in [5.74, 6) is 0.223. The largest absolute Gasteiger partial charge is 0.488 e. The fourth-order valence-electron chi connectivity index (χ4n) is 6.67. The molecule has 2 aromatic carbocycles. The van der Waals surface area contributed by atoms with Crippen molar-refractivity contribution < 1.29 is 19.1 Å². The molecular formula is C33H44N4O4.